The van der Waals surface area contributed by atoms with Gasteiger partial charge in [-0.15, -0.1) is 0 Å². The first-order chi connectivity index (χ1) is 11.1. The first-order valence-electron chi connectivity index (χ1n) is 6.86. The summed E-state index contributed by atoms with van der Waals surface area (Å²) in [6, 6.07) is 15.4. The number of benzene rings is 2. The molecule has 6 nitrogen and oxygen atoms in total. The molecule has 0 aliphatic rings. The molecule has 2 aromatic carbocycles. The Kier molecular flexibility index (Phi) is 5.31. The average Bonchev–Trinajstić information content (AvgIpc) is 2.55. The fourth-order valence-corrected chi connectivity index (χ4v) is 1.78. The molecule has 0 fully saturated rings. The van der Waals surface area contributed by atoms with Crippen LogP contribution in [0.3, 0.4) is 0 Å². The summed E-state index contributed by atoms with van der Waals surface area (Å²) >= 11 is 0. The topological polar surface area (TPSA) is 99.4 Å². The van der Waals surface area contributed by atoms with E-state index in [1.54, 1.807) is 48.5 Å². The highest BCUT2D eigenvalue weighted by molar-refractivity contribution is 5.92. The Labute approximate surface area is 132 Å². The maximum Gasteiger partial charge on any atom is 0.303 e. The molecule has 0 unspecified atom stereocenters. The Morgan fingerprint density at radius 2 is 1.57 bits per heavy atom. The monoisotopic (exact) mass is 310 g/mol. The van der Waals surface area contributed by atoms with Crippen LogP contribution in [0.5, 0.6) is 11.5 Å². The Morgan fingerprint density at radius 3 is 2.09 bits per heavy atom. The molecule has 1 amide bonds. The number of anilines is 1. The molecule has 2 rings (SSSR count). The van der Waals surface area contributed by atoms with E-state index < -0.39 is 5.97 Å². The van der Waals surface area contributed by atoms with Crippen LogP contribution in [-0.4, -0.2) is 17.0 Å². The Morgan fingerprint density at radius 1 is 1.00 bits per heavy atom. The predicted octanol–water partition coefficient (Wildman–Crippen LogP) is 3.15. The average molecular weight is 310 g/mol. The van der Waals surface area contributed by atoms with Gasteiger partial charge >= 0.3 is 5.97 Å². The van der Waals surface area contributed by atoms with Crippen molar-refractivity contribution in [2.45, 2.75) is 12.8 Å². The largest absolute Gasteiger partial charge is 0.481 e. The maximum atomic E-state index is 11.5. The van der Waals surface area contributed by atoms with Crippen LogP contribution < -0.4 is 10.1 Å². The van der Waals surface area contributed by atoms with Crippen LogP contribution in [0.4, 0.5) is 5.69 Å². The van der Waals surface area contributed by atoms with Crippen LogP contribution in [0.2, 0.25) is 0 Å². The molecular formula is C17H14N2O4. The summed E-state index contributed by atoms with van der Waals surface area (Å²) in [4.78, 5) is 21.9. The first kappa shape index (κ1) is 16.0. The van der Waals surface area contributed by atoms with Gasteiger partial charge in [0.15, 0.2) is 0 Å². The summed E-state index contributed by atoms with van der Waals surface area (Å²) < 4.78 is 5.62. The number of nitrogens with zero attached hydrogens (tertiary/aromatic N) is 1. The number of carbonyl (C=O) groups excluding carboxylic acids is 1. The highest BCUT2D eigenvalue weighted by Crippen LogP contribution is 2.23. The molecule has 0 spiro atoms. The quantitative estimate of drug-likeness (QED) is 0.853. The van der Waals surface area contributed by atoms with E-state index in [-0.39, 0.29) is 18.7 Å². The lowest BCUT2D eigenvalue weighted by Crippen LogP contribution is -2.12. The summed E-state index contributed by atoms with van der Waals surface area (Å²) in [5.74, 6) is -0.181. The van der Waals surface area contributed by atoms with Crippen LogP contribution in [0.25, 0.3) is 0 Å². The number of rotatable bonds is 6. The van der Waals surface area contributed by atoms with Gasteiger partial charge in [0.25, 0.3) is 0 Å². The maximum absolute atomic E-state index is 11.5. The van der Waals surface area contributed by atoms with E-state index >= 15 is 0 Å². The second kappa shape index (κ2) is 7.61. The van der Waals surface area contributed by atoms with Crippen molar-refractivity contribution in [2.75, 3.05) is 5.32 Å². The number of hydrogen-bond donors (Lipinski definition) is 2. The zero-order valence-corrected chi connectivity index (χ0v) is 12.2. The van der Waals surface area contributed by atoms with E-state index in [1.807, 2.05) is 6.07 Å². The Bertz CT molecular complexity index is 731. The van der Waals surface area contributed by atoms with Crippen LogP contribution in [-0.2, 0) is 9.59 Å². The van der Waals surface area contributed by atoms with E-state index in [4.69, 9.17) is 15.1 Å². The molecule has 6 heteroatoms. The van der Waals surface area contributed by atoms with Crippen LogP contribution in [0, 0.1) is 11.3 Å². The minimum Gasteiger partial charge on any atom is -0.481 e. The van der Waals surface area contributed by atoms with Crippen molar-refractivity contribution in [1.82, 2.24) is 0 Å². The lowest BCUT2D eigenvalue weighted by Gasteiger charge is -2.08. The molecule has 0 heterocycles. The molecule has 0 radical (unpaired) electrons. The van der Waals surface area contributed by atoms with Crippen LogP contribution in [0.1, 0.15) is 18.4 Å². The molecule has 116 valence electrons. The second-order valence-corrected chi connectivity index (χ2v) is 4.70. The zero-order chi connectivity index (χ0) is 16.7. The number of hydrogen-bond acceptors (Lipinski definition) is 4. The lowest BCUT2D eigenvalue weighted by atomic mass is 10.2. The fourth-order valence-electron chi connectivity index (χ4n) is 1.78. The van der Waals surface area contributed by atoms with Gasteiger partial charge in [0.05, 0.1) is 18.1 Å². The molecule has 23 heavy (non-hydrogen) atoms. The highest BCUT2D eigenvalue weighted by atomic mass is 16.5. The lowest BCUT2D eigenvalue weighted by molar-refractivity contribution is -0.138. The summed E-state index contributed by atoms with van der Waals surface area (Å²) in [5.41, 5.74) is 1.12. The van der Waals surface area contributed by atoms with Gasteiger partial charge in [0.2, 0.25) is 5.91 Å². The highest BCUT2D eigenvalue weighted by Gasteiger charge is 2.06. The molecule has 2 aromatic rings. The molecule has 0 atom stereocenters. The van der Waals surface area contributed by atoms with Crippen LogP contribution in [0.15, 0.2) is 48.5 Å². The fraction of sp³-hybridized carbons (Fsp3) is 0.118. The van der Waals surface area contributed by atoms with E-state index in [2.05, 4.69) is 5.32 Å². The molecule has 0 aliphatic heterocycles. The van der Waals surface area contributed by atoms with Crippen molar-refractivity contribution in [1.29, 1.82) is 5.26 Å². The third-order valence-corrected chi connectivity index (χ3v) is 2.92. The molecule has 0 bridgehead atoms. The minimum atomic E-state index is -1.01. The third kappa shape index (κ3) is 5.17. The molecule has 0 saturated carbocycles. The smallest absolute Gasteiger partial charge is 0.303 e. The summed E-state index contributed by atoms with van der Waals surface area (Å²) in [5, 5.41) is 19.9. The van der Waals surface area contributed by atoms with Crippen molar-refractivity contribution >= 4 is 17.6 Å². The SMILES string of the molecule is N#Cc1ccc(Oc2ccc(NC(=O)CCC(=O)O)cc2)cc1. The van der Waals surface area contributed by atoms with E-state index in [0.29, 0.717) is 22.7 Å². The molecule has 0 saturated heterocycles. The van der Waals surface area contributed by atoms with Gasteiger partial charge < -0.3 is 15.2 Å². The second-order valence-electron chi connectivity index (χ2n) is 4.70. The van der Waals surface area contributed by atoms with Gasteiger partial charge in [-0.25, -0.2) is 0 Å². The third-order valence-electron chi connectivity index (χ3n) is 2.92. The molecular weight excluding hydrogens is 296 g/mol. The number of aliphatic carboxylic acids is 1. The minimum absolute atomic E-state index is 0.0706. The summed E-state index contributed by atoms with van der Waals surface area (Å²) in [6.45, 7) is 0. The van der Waals surface area contributed by atoms with Crippen molar-refractivity contribution in [3.05, 3.63) is 54.1 Å². The van der Waals surface area contributed by atoms with Gasteiger partial charge in [0.1, 0.15) is 11.5 Å². The predicted molar refractivity (Wildman–Crippen MR) is 83.2 cm³/mol. The van der Waals surface area contributed by atoms with Gasteiger partial charge in [-0.05, 0) is 48.5 Å². The van der Waals surface area contributed by atoms with E-state index in [0.717, 1.165) is 0 Å². The van der Waals surface area contributed by atoms with Crippen LogP contribution >= 0.6 is 0 Å². The molecule has 0 aliphatic carbocycles. The number of nitrogens with one attached hydrogen (secondary N) is 1. The number of nitriles is 1. The van der Waals surface area contributed by atoms with E-state index in [9.17, 15) is 9.59 Å². The number of carboxylic acids is 1. The number of carboxylic acid groups (broad SMARTS) is 1. The molecule has 2 N–H and O–H groups in total. The van der Waals surface area contributed by atoms with E-state index in [1.165, 1.54) is 0 Å². The Balaban J connectivity index is 1.92. The van der Waals surface area contributed by atoms with Gasteiger partial charge in [-0.2, -0.15) is 5.26 Å². The summed E-state index contributed by atoms with van der Waals surface area (Å²) in [6.07, 6.45) is -0.273. The van der Waals surface area contributed by atoms with Crippen molar-refractivity contribution in [2.24, 2.45) is 0 Å². The van der Waals surface area contributed by atoms with Gasteiger partial charge in [-0.3, -0.25) is 9.59 Å². The zero-order valence-electron chi connectivity index (χ0n) is 12.2. The standard InChI is InChI=1S/C17H14N2O4/c18-11-12-1-5-14(6-2-12)23-15-7-3-13(4-8-15)19-16(20)9-10-17(21)22/h1-8H,9-10H2,(H,19,20)(H,21,22). The number of carbonyl (C=O) groups is 2. The summed E-state index contributed by atoms with van der Waals surface area (Å²) in [7, 11) is 0. The normalized spacial score (nSPS) is 9.70. The number of amides is 1. The van der Waals surface area contributed by atoms with Crippen molar-refractivity contribution < 1.29 is 19.4 Å². The van der Waals surface area contributed by atoms with Gasteiger partial charge in [-0.1, -0.05) is 0 Å². The van der Waals surface area contributed by atoms with Gasteiger partial charge in [0, 0.05) is 12.1 Å². The first-order valence-corrected chi connectivity index (χ1v) is 6.86. The molecule has 0 aromatic heterocycles. The Hall–Kier alpha value is -3.33. The van der Waals surface area contributed by atoms with Crippen molar-refractivity contribution in [3.8, 4) is 17.6 Å². The van der Waals surface area contributed by atoms with Crippen molar-refractivity contribution in [3.63, 3.8) is 0 Å². The number of ether oxygens (including phenoxy) is 1.